The fourth-order valence-corrected chi connectivity index (χ4v) is 3.01. The summed E-state index contributed by atoms with van der Waals surface area (Å²) < 4.78 is 1.72. The standard InChI is InChI=1S/C19H25N5O2/c1-14(2)10-18(25)22-15-6-7-17(20-11-15)24-12-16(21-13-24)19(26)23-8-4-3-5-9-23/h6-7,11-14H,3-5,8-10H2,1-2H3,(H,22,25). The van der Waals surface area contributed by atoms with Gasteiger partial charge in [0.05, 0.1) is 11.9 Å². The van der Waals surface area contributed by atoms with Gasteiger partial charge in [0, 0.05) is 25.7 Å². The van der Waals surface area contributed by atoms with Gasteiger partial charge in [-0.3, -0.25) is 14.2 Å². The van der Waals surface area contributed by atoms with Gasteiger partial charge in [-0.15, -0.1) is 0 Å². The molecule has 0 spiro atoms. The summed E-state index contributed by atoms with van der Waals surface area (Å²) in [6.45, 7) is 5.61. The number of rotatable bonds is 5. The van der Waals surface area contributed by atoms with E-state index >= 15 is 0 Å². The highest BCUT2D eigenvalue weighted by atomic mass is 16.2. The third-order valence-electron chi connectivity index (χ3n) is 4.33. The van der Waals surface area contributed by atoms with Crippen LogP contribution in [0.1, 0.15) is 50.0 Å². The maximum atomic E-state index is 12.5. The summed E-state index contributed by atoms with van der Waals surface area (Å²) in [6, 6.07) is 3.59. The second-order valence-electron chi connectivity index (χ2n) is 7.07. The van der Waals surface area contributed by atoms with Crippen molar-refractivity contribution >= 4 is 17.5 Å². The van der Waals surface area contributed by atoms with Crippen molar-refractivity contribution < 1.29 is 9.59 Å². The Morgan fingerprint density at radius 1 is 1.15 bits per heavy atom. The lowest BCUT2D eigenvalue weighted by Gasteiger charge is -2.25. The van der Waals surface area contributed by atoms with Crippen molar-refractivity contribution in [3.8, 4) is 5.82 Å². The van der Waals surface area contributed by atoms with Gasteiger partial charge in [0.1, 0.15) is 17.8 Å². The Morgan fingerprint density at radius 2 is 1.92 bits per heavy atom. The first-order valence-corrected chi connectivity index (χ1v) is 9.12. The number of nitrogens with one attached hydrogen (secondary N) is 1. The molecule has 1 N–H and O–H groups in total. The lowest BCUT2D eigenvalue weighted by atomic mass is 10.1. The Kier molecular flexibility index (Phi) is 5.65. The molecule has 3 rings (SSSR count). The van der Waals surface area contributed by atoms with Crippen LogP contribution in [-0.2, 0) is 4.79 Å². The first-order chi connectivity index (χ1) is 12.5. The number of aromatic nitrogens is 3. The zero-order chi connectivity index (χ0) is 18.5. The summed E-state index contributed by atoms with van der Waals surface area (Å²) in [4.78, 5) is 34.7. The molecule has 26 heavy (non-hydrogen) atoms. The van der Waals surface area contributed by atoms with Crippen LogP contribution in [0, 0.1) is 5.92 Å². The number of amides is 2. The van der Waals surface area contributed by atoms with Gasteiger partial charge in [-0.2, -0.15) is 0 Å². The van der Waals surface area contributed by atoms with E-state index in [1.165, 1.54) is 6.42 Å². The summed E-state index contributed by atoms with van der Waals surface area (Å²) >= 11 is 0. The van der Waals surface area contributed by atoms with Crippen molar-refractivity contribution in [2.75, 3.05) is 18.4 Å². The van der Waals surface area contributed by atoms with Crippen LogP contribution in [0.2, 0.25) is 0 Å². The number of anilines is 1. The van der Waals surface area contributed by atoms with Crippen molar-refractivity contribution in [3.63, 3.8) is 0 Å². The smallest absolute Gasteiger partial charge is 0.274 e. The average Bonchev–Trinajstić information content (AvgIpc) is 3.12. The Hall–Kier alpha value is -2.70. The van der Waals surface area contributed by atoms with Gasteiger partial charge in [-0.05, 0) is 37.3 Å². The topological polar surface area (TPSA) is 80.1 Å². The molecule has 1 saturated heterocycles. The monoisotopic (exact) mass is 355 g/mol. The number of hydrogen-bond acceptors (Lipinski definition) is 4. The van der Waals surface area contributed by atoms with Crippen LogP contribution in [0.3, 0.4) is 0 Å². The second-order valence-corrected chi connectivity index (χ2v) is 7.07. The molecule has 7 heteroatoms. The molecule has 0 radical (unpaired) electrons. The van der Waals surface area contributed by atoms with Gasteiger partial charge in [0.15, 0.2) is 0 Å². The highest BCUT2D eigenvalue weighted by Gasteiger charge is 2.20. The number of carbonyl (C=O) groups is 2. The van der Waals surface area contributed by atoms with E-state index in [1.54, 1.807) is 35.4 Å². The van der Waals surface area contributed by atoms with Gasteiger partial charge in [0.2, 0.25) is 5.91 Å². The zero-order valence-electron chi connectivity index (χ0n) is 15.3. The van der Waals surface area contributed by atoms with Crippen molar-refractivity contribution in [2.24, 2.45) is 5.92 Å². The first kappa shape index (κ1) is 18.1. The highest BCUT2D eigenvalue weighted by molar-refractivity contribution is 5.92. The quantitative estimate of drug-likeness (QED) is 0.894. The number of hydrogen-bond donors (Lipinski definition) is 1. The molecule has 1 fully saturated rings. The van der Waals surface area contributed by atoms with Gasteiger partial charge in [-0.1, -0.05) is 13.8 Å². The van der Waals surface area contributed by atoms with Crippen LogP contribution in [-0.4, -0.2) is 44.3 Å². The Balaban J connectivity index is 1.65. The predicted octanol–water partition coefficient (Wildman–Crippen LogP) is 2.88. The highest BCUT2D eigenvalue weighted by Crippen LogP contribution is 2.15. The third-order valence-corrected chi connectivity index (χ3v) is 4.33. The van der Waals surface area contributed by atoms with Crippen LogP contribution in [0.25, 0.3) is 5.82 Å². The molecule has 2 aromatic rings. The number of nitrogens with zero attached hydrogens (tertiary/aromatic N) is 4. The predicted molar refractivity (Wildman–Crippen MR) is 99.2 cm³/mol. The van der Waals surface area contributed by atoms with Gasteiger partial charge in [-0.25, -0.2) is 9.97 Å². The van der Waals surface area contributed by atoms with Gasteiger partial charge >= 0.3 is 0 Å². The molecular weight excluding hydrogens is 330 g/mol. The van der Waals surface area contributed by atoms with Crippen LogP contribution >= 0.6 is 0 Å². The molecule has 0 unspecified atom stereocenters. The molecule has 0 aromatic carbocycles. The van der Waals surface area contributed by atoms with Crippen LogP contribution in [0.4, 0.5) is 5.69 Å². The fraction of sp³-hybridized carbons (Fsp3) is 0.474. The summed E-state index contributed by atoms with van der Waals surface area (Å²) in [5, 5.41) is 2.83. The third kappa shape index (κ3) is 4.47. The molecule has 2 aromatic heterocycles. The van der Waals surface area contributed by atoms with Gasteiger partial charge < -0.3 is 10.2 Å². The SMILES string of the molecule is CC(C)CC(=O)Nc1ccc(-n2cnc(C(=O)N3CCCCC3)c2)nc1. The molecule has 1 aliphatic heterocycles. The maximum absolute atomic E-state index is 12.5. The summed E-state index contributed by atoms with van der Waals surface area (Å²) in [7, 11) is 0. The molecule has 0 atom stereocenters. The van der Waals surface area contributed by atoms with E-state index in [0.717, 1.165) is 25.9 Å². The minimum Gasteiger partial charge on any atom is -0.337 e. The van der Waals surface area contributed by atoms with E-state index in [1.807, 2.05) is 18.7 Å². The Labute approximate surface area is 153 Å². The van der Waals surface area contributed by atoms with Crippen LogP contribution < -0.4 is 5.32 Å². The lowest BCUT2D eigenvalue weighted by molar-refractivity contribution is -0.116. The zero-order valence-corrected chi connectivity index (χ0v) is 15.3. The minimum absolute atomic E-state index is 0.0217. The Morgan fingerprint density at radius 3 is 2.58 bits per heavy atom. The van der Waals surface area contributed by atoms with Crippen LogP contribution in [0.5, 0.6) is 0 Å². The maximum Gasteiger partial charge on any atom is 0.274 e. The Bertz CT molecular complexity index is 760. The van der Waals surface area contributed by atoms with Crippen molar-refractivity contribution in [1.82, 2.24) is 19.4 Å². The van der Waals surface area contributed by atoms with Gasteiger partial charge in [0.25, 0.3) is 5.91 Å². The number of pyridine rings is 1. The van der Waals surface area contributed by atoms with E-state index < -0.39 is 0 Å². The van der Waals surface area contributed by atoms with E-state index in [9.17, 15) is 9.59 Å². The summed E-state index contributed by atoms with van der Waals surface area (Å²) in [5.41, 5.74) is 1.09. The molecule has 1 aliphatic rings. The summed E-state index contributed by atoms with van der Waals surface area (Å²) in [6.07, 6.45) is 8.68. The number of likely N-dealkylation sites (tertiary alicyclic amines) is 1. The second kappa shape index (κ2) is 8.12. The normalized spacial score (nSPS) is 14.5. The van der Waals surface area contributed by atoms with E-state index in [0.29, 0.717) is 29.5 Å². The molecule has 0 aliphatic carbocycles. The fourth-order valence-electron chi connectivity index (χ4n) is 3.01. The van der Waals surface area contributed by atoms with Crippen molar-refractivity contribution in [2.45, 2.75) is 39.5 Å². The lowest BCUT2D eigenvalue weighted by Crippen LogP contribution is -2.35. The molecule has 0 bridgehead atoms. The average molecular weight is 355 g/mol. The molecule has 0 saturated carbocycles. The number of imidazole rings is 1. The molecule has 7 nitrogen and oxygen atoms in total. The molecular formula is C19H25N5O2. The largest absolute Gasteiger partial charge is 0.337 e. The number of carbonyl (C=O) groups excluding carboxylic acids is 2. The van der Waals surface area contributed by atoms with Crippen LogP contribution in [0.15, 0.2) is 30.9 Å². The van der Waals surface area contributed by atoms with E-state index in [4.69, 9.17) is 0 Å². The van der Waals surface area contributed by atoms with Crippen molar-refractivity contribution in [3.05, 3.63) is 36.5 Å². The first-order valence-electron chi connectivity index (χ1n) is 9.12. The molecule has 2 amide bonds. The minimum atomic E-state index is -0.0268. The van der Waals surface area contributed by atoms with Crippen molar-refractivity contribution in [1.29, 1.82) is 0 Å². The number of piperidine rings is 1. The molecule has 138 valence electrons. The molecule has 3 heterocycles. The summed E-state index contributed by atoms with van der Waals surface area (Å²) in [5.74, 6) is 0.911. The van der Waals surface area contributed by atoms with E-state index in [-0.39, 0.29) is 11.8 Å². The van der Waals surface area contributed by atoms with E-state index in [2.05, 4.69) is 15.3 Å².